The number of benzene rings is 2. The highest BCUT2D eigenvalue weighted by Crippen LogP contribution is 2.40. The fraction of sp³-hybridized carbons (Fsp3) is 0.267. The van der Waals surface area contributed by atoms with E-state index < -0.39 is 0 Å². The molecule has 3 rings (SSSR count). The summed E-state index contributed by atoms with van der Waals surface area (Å²) in [6.07, 6.45) is 2.05. The highest BCUT2D eigenvalue weighted by molar-refractivity contribution is 6.25. The molecule has 3 heteroatoms. The zero-order chi connectivity index (χ0) is 12.7. The molecule has 92 valence electrons. The van der Waals surface area contributed by atoms with Crippen LogP contribution in [0, 0.1) is 0 Å². The zero-order valence-electron chi connectivity index (χ0n) is 10.3. The summed E-state index contributed by atoms with van der Waals surface area (Å²) >= 11 is 0. The normalized spacial score (nSPS) is 13.6. The monoisotopic (exact) mass is 241 g/mol. The van der Waals surface area contributed by atoms with Crippen LogP contribution in [-0.2, 0) is 0 Å². The number of rotatable bonds is 3. The third kappa shape index (κ3) is 1.40. The van der Waals surface area contributed by atoms with Gasteiger partial charge in [-0.2, -0.15) is 0 Å². The summed E-state index contributed by atoms with van der Waals surface area (Å²) in [6.45, 7) is 2.85. The van der Waals surface area contributed by atoms with E-state index in [-0.39, 0.29) is 11.7 Å². The summed E-state index contributed by atoms with van der Waals surface area (Å²) in [5.74, 6) is 0.287. The molecule has 0 spiro atoms. The number of carbonyl (C=O) groups is 1. The SMILES string of the molecule is CCCCN1C(=O)c2cccc3c(O)ccc1c23. The van der Waals surface area contributed by atoms with Crippen molar-refractivity contribution in [2.45, 2.75) is 19.8 Å². The van der Waals surface area contributed by atoms with Crippen molar-refractivity contribution in [1.82, 2.24) is 0 Å². The van der Waals surface area contributed by atoms with Gasteiger partial charge in [-0.1, -0.05) is 25.5 Å². The number of amides is 1. The second-order valence-corrected chi connectivity index (χ2v) is 4.64. The van der Waals surface area contributed by atoms with Gasteiger partial charge in [-0.3, -0.25) is 4.79 Å². The molecular weight excluding hydrogens is 226 g/mol. The van der Waals surface area contributed by atoms with Crippen LogP contribution in [-0.4, -0.2) is 17.6 Å². The summed E-state index contributed by atoms with van der Waals surface area (Å²) in [7, 11) is 0. The van der Waals surface area contributed by atoms with Crippen LogP contribution in [0.1, 0.15) is 30.1 Å². The summed E-state index contributed by atoms with van der Waals surface area (Å²) < 4.78 is 0. The molecule has 1 N–H and O–H groups in total. The molecule has 18 heavy (non-hydrogen) atoms. The molecule has 0 unspecified atom stereocenters. The van der Waals surface area contributed by atoms with Gasteiger partial charge in [-0.15, -0.1) is 0 Å². The molecule has 0 fully saturated rings. The Morgan fingerprint density at radius 3 is 2.83 bits per heavy atom. The second kappa shape index (κ2) is 4.02. The number of carbonyl (C=O) groups excluding carboxylic acids is 1. The lowest BCUT2D eigenvalue weighted by atomic mass is 10.0. The number of nitrogens with zero attached hydrogens (tertiary/aromatic N) is 1. The first-order valence-electron chi connectivity index (χ1n) is 6.30. The molecule has 1 heterocycles. The number of phenolic OH excluding ortho intramolecular Hbond substituents is 1. The Kier molecular flexibility index (Phi) is 2.47. The molecular formula is C15H15NO2. The molecule has 0 radical (unpaired) electrons. The van der Waals surface area contributed by atoms with E-state index in [1.54, 1.807) is 6.07 Å². The molecule has 1 aliphatic heterocycles. The Hall–Kier alpha value is -2.03. The third-order valence-electron chi connectivity index (χ3n) is 3.50. The van der Waals surface area contributed by atoms with Crippen molar-refractivity contribution in [2.75, 3.05) is 11.4 Å². The summed E-state index contributed by atoms with van der Waals surface area (Å²) in [4.78, 5) is 14.2. The van der Waals surface area contributed by atoms with E-state index in [0.29, 0.717) is 5.56 Å². The minimum Gasteiger partial charge on any atom is -0.507 e. The van der Waals surface area contributed by atoms with Gasteiger partial charge in [0.2, 0.25) is 0 Å². The summed E-state index contributed by atoms with van der Waals surface area (Å²) in [6, 6.07) is 9.01. The van der Waals surface area contributed by atoms with Crippen molar-refractivity contribution in [3.8, 4) is 5.75 Å². The Morgan fingerprint density at radius 1 is 1.22 bits per heavy atom. The Labute approximate surface area is 106 Å². The topological polar surface area (TPSA) is 40.5 Å². The van der Waals surface area contributed by atoms with Crippen LogP contribution < -0.4 is 4.90 Å². The van der Waals surface area contributed by atoms with E-state index in [9.17, 15) is 9.90 Å². The van der Waals surface area contributed by atoms with Gasteiger partial charge in [0.25, 0.3) is 5.91 Å². The third-order valence-corrected chi connectivity index (χ3v) is 3.50. The minimum atomic E-state index is 0.0506. The quantitative estimate of drug-likeness (QED) is 0.895. The summed E-state index contributed by atoms with van der Waals surface area (Å²) in [5.41, 5.74) is 1.63. The lowest BCUT2D eigenvalue weighted by Crippen LogP contribution is -2.27. The molecule has 2 aromatic carbocycles. The predicted molar refractivity (Wildman–Crippen MR) is 72.2 cm³/mol. The number of unbranched alkanes of at least 4 members (excludes halogenated alkanes) is 1. The number of aromatic hydroxyl groups is 1. The van der Waals surface area contributed by atoms with E-state index in [1.165, 1.54) is 0 Å². The lowest BCUT2D eigenvalue weighted by molar-refractivity contribution is 0.0993. The van der Waals surface area contributed by atoms with Crippen molar-refractivity contribution in [3.63, 3.8) is 0 Å². The van der Waals surface area contributed by atoms with E-state index in [1.807, 2.05) is 29.2 Å². The lowest BCUT2D eigenvalue weighted by Gasteiger charge is -2.17. The highest BCUT2D eigenvalue weighted by Gasteiger charge is 2.29. The van der Waals surface area contributed by atoms with Gasteiger partial charge in [0.1, 0.15) is 5.75 Å². The molecule has 0 atom stereocenters. The van der Waals surface area contributed by atoms with Gasteiger partial charge in [0.05, 0.1) is 5.69 Å². The molecule has 3 nitrogen and oxygen atoms in total. The Morgan fingerprint density at radius 2 is 2.06 bits per heavy atom. The maximum Gasteiger partial charge on any atom is 0.258 e. The van der Waals surface area contributed by atoms with Crippen molar-refractivity contribution < 1.29 is 9.90 Å². The van der Waals surface area contributed by atoms with Gasteiger partial charge < -0.3 is 10.0 Å². The van der Waals surface area contributed by atoms with Crippen molar-refractivity contribution >= 4 is 22.4 Å². The van der Waals surface area contributed by atoms with Gasteiger partial charge in [0, 0.05) is 22.9 Å². The van der Waals surface area contributed by atoms with Crippen LogP contribution in [0.3, 0.4) is 0 Å². The van der Waals surface area contributed by atoms with Gasteiger partial charge in [0.15, 0.2) is 0 Å². The van der Waals surface area contributed by atoms with Crippen LogP contribution >= 0.6 is 0 Å². The van der Waals surface area contributed by atoms with E-state index >= 15 is 0 Å². The maximum absolute atomic E-state index is 12.3. The Balaban J connectivity index is 2.21. The number of phenols is 1. The zero-order valence-corrected chi connectivity index (χ0v) is 10.3. The molecule has 0 saturated carbocycles. The maximum atomic E-state index is 12.3. The molecule has 0 bridgehead atoms. The smallest absolute Gasteiger partial charge is 0.258 e. The fourth-order valence-corrected chi connectivity index (χ4v) is 2.57. The van der Waals surface area contributed by atoms with Crippen LogP contribution in [0.4, 0.5) is 5.69 Å². The highest BCUT2D eigenvalue weighted by atomic mass is 16.3. The fourth-order valence-electron chi connectivity index (χ4n) is 2.57. The average Bonchev–Trinajstić information content (AvgIpc) is 2.66. The first-order valence-corrected chi connectivity index (χ1v) is 6.30. The first kappa shape index (κ1) is 11.1. The largest absolute Gasteiger partial charge is 0.507 e. The van der Waals surface area contributed by atoms with E-state index in [2.05, 4.69) is 6.92 Å². The van der Waals surface area contributed by atoms with Crippen LogP contribution in [0.2, 0.25) is 0 Å². The number of hydrogen-bond donors (Lipinski definition) is 1. The van der Waals surface area contributed by atoms with Gasteiger partial charge >= 0.3 is 0 Å². The van der Waals surface area contributed by atoms with Crippen molar-refractivity contribution in [1.29, 1.82) is 0 Å². The first-order chi connectivity index (χ1) is 8.74. The van der Waals surface area contributed by atoms with Gasteiger partial charge in [-0.05, 0) is 24.6 Å². The minimum absolute atomic E-state index is 0.0506. The molecule has 1 aliphatic rings. The molecule has 1 amide bonds. The van der Waals surface area contributed by atoms with Crippen LogP contribution in [0.25, 0.3) is 10.8 Å². The van der Waals surface area contributed by atoms with E-state index in [0.717, 1.165) is 35.8 Å². The number of anilines is 1. The van der Waals surface area contributed by atoms with Crippen molar-refractivity contribution in [3.05, 3.63) is 35.9 Å². The molecule has 0 saturated heterocycles. The molecule has 2 aromatic rings. The predicted octanol–water partition coefficient (Wildman–Crippen LogP) is 3.31. The standard InChI is InChI=1S/C15H15NO2/c1-2-3-9-16-12-7-8-13(17)10-5-4-6-11(14(10)12)15(16)18/h4-8,17H,2-3,9H2,1H3. The van der Waals surface area contributed by atoms with Gasteiger partial charge in [-0.25, -0.2) is 0 Å². The number of hydrogen-bond acceptors (Lipinski definition) is 2. The summed E-state index contributed by atoms with van der Waals surface area (Å²) in [5, 5.41) is 11.5. The average molecular weight is 241 g/mol. The van der Waals surface area contributed by atoms with Crippen LogP contribution in [0.15, 0.2) is 30.3 Å². The molecule has 0 aromatic heterocycles. The van der Waals surface area contributed by atoms with Crippen LogP contribution in [0.5, 0.6) is 5.75 Å². The Bertz CT molecular complexity index is 634. The molecule has 0 aliphatic carbocycles. The second-order valence-electron chi connectivity index (χ2n) is 4.64. The van der Waals surface area contributed by atoms with E-state index in [4.69, 9.17) is 0 Å². The van der Waals surface area contributed by atoms with Crippen molar-refractivity contribution in [2.24, 2.45) is 0 Å².